The second-order valence-electron chi connectivity index (χ2n) is 3.83. The molecule has 0 saturated heterocycles. The molecule has 0 aliphatic rings. The summed E-state index contributed by atoms with van der Waals surface area (Å²) < 4.78 is 1.70. The quantitative estimate of drug-likeness (QED) is 0.452. The molecule has 0 spiro atoms. The molecule has 1 aromatic heterocycles. The lowest BCUT2D eigenvalue weighted by Crippen LogP contribution is -2.42. The fraction of sp³-hybridized carbons (Fsp3) is 0.118. The Hall–Kier alpha value is -2.59. The average Bonchev–Trinajstić information content (AvgIpc) is 2.53. The molecule has 0 aliphatic heterocycles. The minimum atomic E-state index is 0.976. The minimum Gasteiger partial charge on any atom is -0.280 e. The zero-order valence-electron chi connectivity index (χ0n) is 12.3. The van der Waals surface area contributed by atoms with Crippen molar-refractivity contribution in [3.63, 3.8) is 0 Å². The third-order valence-electron chi connectivity index (χ3n) is 2.38. The van der Waals surface area contributed by atoms with E-state index in [1.54, 1.807) is 25.1 Å². The first-order valence-electron chi connectivity index (χ1n) is 6.55. The fourth-order valence-electron chi connectivity index (χ4n) is 1.44. The van der Waals surface area contributed by atoms with E-state index in [0.29, 0.717) is 0 Å². The average molecular weight is 285 g/mol. The number of hydroxylamine groups is 1. The Morgan fingerprint density at radius 2 is 1.57 bits per heavy atom. The normalized spacial score (nSPS) is 12.5. The van der Waals surface area contributed by atoms with Crippen LogP contribution in [-0.2, 0) is 4.84 Å². The minimum absolute atomic E-state index is 0.976. The van der Waals surface area contributed by atoms with Gasteiger partial charge in [-0.3, -0.25) is 15.2 Å². The highest BCUT2D eigenvalue weighted by molar-refractivity contribution is 5.43. The molecule has 0 fully saturated rings. The lowest BCUT2D eigenvalue weighted by atomic mass is 10.3. The maximum absolute atomic E-state index is 5.19. The number of nitrogens with zero attached hydrogens (tertiary/aromatic N) is 1. The topological polar surface area (TPSA) is 34.4 Å². The van der Waals surface area contributed by atoms with Gasteiger partial charge in [-0.2, -0.15) is 0 Å². The second kappa shape index (κ2) is 11.3. The molecule has 0 aliphatic carbocycles. The number of hydrogen-bond acceptors (Lipinski definition) is 3. The van der Waals surface area contributed by atoms with E-state index in [2.05, 4.69) is 10.3 Å². The number of rotatable bonds is 8. The molecular weight excluding hydrogens is 264 g/mol. The Labute approximate surface area is 125 Å². The predicted octanol–water partition coefficient (Wildman–Crippen LogP) is 2.38. The Kier molecular flexibility index (Phi) is 8.82. The molecule has 110 valence electrons. The van der Waals surface area contributed by atoms with Crippen LogP contribution in [0.2, 0.25) is 0 Å². The predicted molar refractivity (Wildman–Crippen MR) is 84.9 cm³/mol. The van der Waals surface area contributed by atoms with Crippen molar-refractivity contribution < 1.29 is 14.4 Å². The Balaban J connectivity index is 2.39. The molecule has 0 aromatic carbocycles. The van der Waals surface area contributed by atoms with E-state index in [-0.39, 0.29) is 0 Å². The lowest BCUT2D eigenvalue weighted by molar-refractivity contribution is -0.886. The summed E-state index contributed by atoms with van der Waals surface area (Å²) in [6.45, 7) is 0. The van der Waals surface area contributed by atoms with E-state index < -0.39 is 0 Å². The van der Waals surface area contributed by atoms with Crippen molar-refractivity contribution in [1.82, 2.24) is 5.48 Å². The summed E-state index contributed by atoms with van der Waals surface area (Å²) >= 11 is 0. The highest BCUT2D eigenvalue weighted by atomic mass is 16.6. The van der Waals surface area contributed by atoms with Crippen LogP contribution in [0, 0.1) is 0 Å². The summed E-state index contributed by atoms with van der Waals surface area (Å²) in [5.74, 6) is 0. The van der Waals surface area contributed by atoms with Gasteiger partial charge in [0, 0.05) is 29.1 Å². The maximum Gasteiger partial charge on any atom is 0.257 e. The summed E-state index contributed by atoms with van der Waals surface area (Å²) in [6, 6.07) is 5.87. The molecular formula is C17H21N2O2+. The van der Waals surface area contributed by atoms with E-state index in [0.717, 1.165) is 5.69 Å². The SMILES string of the molecule is CON/C=C\C=C/C=CC=CC=Cc1cccc[n+]1OC. The Morgan fingerprint density at radius 1 is 0.905 bits per heavy atom. The molecule has 0 unspecified atom stereocenters. The van der Waals surface area contributed by atoms with Crippen LogP contribution >= 0.6 is 0 Å². The van der Waals surface area contributed by atoms with Gasteiger partial charge in [-0.1, -0.05) is 42.5 Å². The lowest BCUT2D eigenvalue weighted by Gasteiger charge is -1.93. The molecule has 1 rings (SSSR count). The van der Waals surface area contributed by atoms with Crippen LogP contribution in [0.25, 0.3) is 6.08 Å². The summed E-state index contributed by atoms with van der Waals surface area (Å²) in [5, 5.41) is 0. The summed E-state index contributed by atoms with van der Waals surface area (Å²) in [6.07, 6.45) is 21.0. The second-order valence-corrected chi connectivity index (χ2v) is 3.83. The molecule has 0 radical (unpaired) electrons. The van der Waals surface area contributed by atoms with Gasteiger partial charge in [0.05, 0.1) is 7.11 Å². The molecule has 0 bridgehead atoms. The van der Waals surface area contributed by atoms with Crippen molar-refractivity contribution in [2.75, 3.05) is 14.2 Å². The van der Waals surface area contributed by atoms with Gasteiger partial charge < -0.3 is 0 Å². The third-order valence-corrected chi connectivity index (χ3v) is 2.38. The highest BCUT2D eigenvalue weighted by Crippen LogP contribution is 1.94. The smallest absolute Gasteiger partial charge is 0.257 e. The molecule has 4 nitrogen and oxygen atoms in total. The Morgan fingerprint density at radius 3 is 2.24 bits per heavy atom. The van der Waals surface area contributed by atoms with Crippen molar-refractivity contribution in [2.24, 2.45) is 0 Å². The van der Waals surface area contributed by atoms with Gasteiger partial charge in [0.25, 0.3) is 5.69 Å². The van der Waals surface area contributed by atoms with Crippen LogP contribution in [0.3, 0.4) is 0 Å². The van der Waals surface area contributed by atoms with Crippen LogP contribution in [-0.4, -0.2) is 14.2 Å². The van der Waals surface area contributed by atoms with E-state index in [4.69, 9.17) is 4.84 Å². The number of nitrogens with one attached hydrogen (secondary N) is 1. The van der Waals surface area contributed by atoms with Crippen LogP contribution in [0.4, 0.5) is 0 Å². The fourth-order valence-corrected chi connectivity index (χ4v) is 1.44. The van der Waals surface area contributed by atoms with Gasteiger partial charge >= 0.3 is 0 Å². The molecule has 1 aromatic rings. The van der Waals surface area contributed by atoms with Crippen molar-refractivity contribution in [2.45, 2.75) is 0 Å². The van der Waals surface area contributed by atoms with E-state index in [1.165, 1.54) is 0 Å². The first-order chi connectivity index (χ1) is 10.4. The molecule has 0 saturated carbocycles. The van der Waals surface area contributed by atoms with Crippen LogP contribution in [0.1, 0.15) is 5.69 Å². The molecule has 0 amide bonds. The zero-order valence-corrected chi connectivity index (χ0v) is 12.3. The Bertz CT molecular complexity index is 543. The van der Waals surface area contributed by atoms with E-state index in [9.17, 15) is 0 Å². The van der Waals surface area contributed by atoms with E-state index >= 15 is 0 Å². The van der Waals surface area contributed by atoms with Crippen LogP contribution in [0.5, 0.6) is 0 Å². The van der Waals surface area contributed by atoms with Gasteiger partial charge in [0.2, 0.25) is 6.20 Å². The van der Waals surface area contributed by atoms with Gasteiger partial charge in [0.1, 0.15) is 7.11 Å². The van der Waals surface area contributed by atoms with Gasteiger partial charge in [0.15, 0.2) is 0 Å². The van der Waals surface area contributed by atoms with Crippen LogP contribution < -0.4 is 15.0 Å². The number of pyridine rings is 1. The highest BCUT2D eigenvalue weighted by Gasteiger charge is 2.03. The third kappa shape index (κ3) is 7.54. The summed E-state index contributed by atoms with van der Waals surface area (Å²) in [7, 11) is 3.20. The van der Waals surface area contributed by atoms with Crippen molar-refractivity contribution in [1.29, 1.82) is 0 Å². The number of aromatic nitrogens is 1. The van der Waals surface area contributed by atoms with Crippen LogP contribution in [0.15, 0.2) is 79.2 Å². The number of hydrogen-bond donors (Lipinski definition) is 1. The molecule has 1 heterocycles. The summed E-state index contributed by atoms with van der Waals surface area (Å²) in [5.41, 5.74) is 3.58. The molecule has 0 atom stereocenters. The van der Waals surface area contributed by atoms with Crippen molar-refractivity contribution in [3.8, 4) is 0 Å². The van der Waals surface area contributed by atoms with E-state index in [1.807, 2.05) is 79.1 Å². The first-order valence-corrected chi connectivity index (χ1v) is 6.55. The first kappa shape index (κ1) is 16.5. The van der Waals surface area contributed by atoms with Crippen molar-refractivity contribution in [3.05, 3.63) is 84.9 Å². The standard InChI is InChI=1S/C17H20N2O2/c1-20-18-15-11-8-6-4-3-5-7-9-13-17-14-10-12-16-19(17)21-2/h3-16H,1-2H3/p+1. The summed E-state index contributed by atoms with van der Waals surface area (Å²) in [4.78, 5) is 9.84. The zero-order chi connectivity index (χ0) is 15.2. The van der Waals surface area contributed by atoms with Gasteiger partial charge in [-0.15, -0.1) is 0 Å². The maximum atomic E-state index is 5.19. The van der Waals surface area contributed by atoms with Gasteiger partial charge in [-0.25, -0.2) is 0 Å². The number of allylic oxidation sites excluding steroid dienone is 8. The monoisotopic (exact) mass is 285 g/mol. The van der Waals surface area contributed by atoms with Crippen molar-refractivity contribution >= 4 is 6.08 Å². The molecule has 1 N–H and O–H groups in total. The van der Waals surface area contributed by atoms with Gasteiger partial charge in [-0.05, 0) is 12.1 Å². The largest absolute Gasteiger partial charge is 0.280 e. The molecule has 21 heavy (non-hydrogen) atoms. The molecule has 4 heteroatoms.